The average molecular weight is 483 g/mol. The summed E-state index contributed by atoms with van der Waals surface area (Å²) in [6, 6.07) is 9.60. The monoisotopic (exact) mass is 482 g/mol. The van der Waals surface area contributed by atoms with E-state index in [1.807, 2.05) is 42.1 Å². The van der Waals surface area contributed by atoms with E-state index in [0.29, 0.717) is 30.4 Å². The van der Waals surface area contributed by atoms with Crippen LogP contribution in [0.4, 0.5) is 10.1 Å². The van der Waals surface area contributed by atoms with Crippen molar-refractivity contribution in [3.63, 3.8) is 0 Å². The fourth-order valence-corrected chi connectivity index (χ4v) is 4.92. The normalized spacial score (nSPS) is 15.8. The largest absolute Gasteiger partial charge is 0.488 e. The molecule has 2 aromatic heterocycles. The Balaban J connectivity index is 1.41. The van der Waals surface area contributed by atoms with Gasteiger partial charge in [0.05, 0.1) is 29.0 Å². The van der Waals surface area contributed by atoms with E-state index in [1.165, 1.54) is 35.8 Å². The lowest BCUT2D eigenvalue weighted by molar-refractivity contribution is 0.233. The standard InChI is InChI=1S/C22H19FN6O2S2/c1-14-12-29(13-25-14)19-7-2-15(18-11-26-32-21(18)19)10-20-22(24-8-9-31-20)28-33(30)27-17-5-3-16(23)4-6-17/h2-7,10-13,27H,8-9H2,1H3,(H,24,28). The zero-order valence-corrected chi connectivity index (χ0v) is 19.1. The third-order valence-corrected chi connectivity index (χ3v) is 6.53. The molecule has 0 radical (unpaired) electrons. The van der Waals surface area contributed by atoms with Crippen molar-refractivity contribution in [3.8, 4) is 5.69 Å². The van der Waals surface area contributed by atoms with E-state index < -0.39 is 11.2 Å². The number of benzene rings is 2. The number of aromatic nitrogens is 3. The first kappa shape index (κ1) is 21.3. The molecule has 0 bridgehead atoms. The summed E-state index contributed by atoms with van der Waals surface area (Å²) in [6.07, 6.45) is 7.43. The van der Waals surface area contributed by atoms with Gasteiger partial charge in [-0.25, -0.2) is 13.6 Å². The summed E-state index contributed by atoms with van der Waals surface area (Å²) in [7, 11) is 0. The molecule has 11 heteroatoms. The van der Waals surface area contributed by atoms with Crippen molar-refractivity contribution in [2.45, 2.75) is 6.92 Å². The molecule has 0 fully saturated rings. The molecule has 0 saturated carbocycles. The summed E-state index contributed by atoms with van der Waals surface area (Å²) >= 11 is -0.286. The second-order valence-electron chi connectivity index (χ2n) is 7.23. The highest BCUT2D eigenvalue weighted by molar-refractivity contribution is 7.85. The zero-order valence-electron chi connectivity index (χ0n) is 17.5. The minimum absolute atomic E-state index is 0.363. The molecule has 1 atom stereocenters. The van der Waals surface area contributed by atoms with Crippen LogP contribution >= 0.6 is 11.5 Å². The van der Waals surface area contributed by atoms with E-state index in [2.05, 4.69) is 23.8 Å². The molecule has 2 aromatic carbocycles. The van der Waals surface area contributed by atoms with Crippen LogP contribution in [-0.2, 0) is 15.9 Å². The molecular weight excluding hydrogens is 463 g/mol. The highest BCUT2D eigenvalue weighted by Crippen LogP contribution is 2.30. The van der Waals surface area contributed by atoms with Gasteiger partial charge in [-0.3, -0.25) is 14.4 Å². The molecule has 5 rings (SSSR count). The van der Waals surface area contributed by atoms with E-state index in [-0.39, 0.29) is 5.82 Å². The number of aliphatic imine (C=N–C) groups is 1. The van der Waals surface area contributed by atoms with Crippen molar-refractivity contribution in [2.24, 2.45) is 4.99 Å². The van der Waals surface area contributed by atoms with Gasteiger partial charge in [0.25, 0.3) is 0 Å². The number of hydrogen-bond acceptors (Lipinski definition) is 6. The molecular formula is C22H19FN6O2S2. The molecule has 1 aliphatic rings. The summed E-state index contributed by atoms with van der Waals surface area (Å²) < 4.78 is 44.4. The molecule has 3 heterocycles. The van der Waals surface area contributed by atoms with Gasteiger partial charge in [0.15, 0.2) is 11.6 Å². The lowest BCUT2D eigenvalue weighted by Crippen LogP contribution is -2.34. The Morgan fingerprint density at radius 2 is 2.06 bits per heavy atom. The quantitative estimate of drug-likeness (QED) is 0.450. The van der Waals surface area contributed by atoms with Gasteiger partial charge in [-0.2, -0.15) is 4.37 Å². The first-order valence-corrected chi connectivity index (χ1v) is 12.0. The lowest BCUT2D eigenvalue weighted by Gasteiger charge is -2.19. The van der Waals surface area contributed by atoms with Crippen molar-refractivity contribution < 1.29 is 13.3 Å². The van der Waals surface area contributed by atoms with Gasteiger partial charge < -0.3 is 9.30 Å². The van der Waals surface area contributed by atoms with Crippen molar-refractivity contribution in [3.05, 3.63) is 78.0 Å². The van der Waals surface area contributed by atoms with Crippen molar-refractivity contribution >= 4 is 50.4 Å². The summed E-state index contributed by atoms with van der Waals surface area (Å²) in [4.78, 5) is 8.74. The van der Waals surface area contributed by atoms with Crippen LogP contribution in [0.5, 0.6) is 0 Å². The fraction of sp³-hybridized carbons (Fsp3) is 0.136. The minimum atomic E-state index is -1.69. The summed E-state index contributed by atoms with van der Waals surface area (Å²) in [6.45, 7) is 2.82. The van der Waals surface area contributed by atoms with Crippen LogP contribution in [0.1, 0.15) is 11.3 Å². The highest BCUT2D eigenvalue weighted by Gasteiger charge is 2.18. The van der Waals surface area contributed by atoms with Crippen LogP contribution in [0.15, 0.2) is 65.9 Å². The summed E-state index contributed by atoms with van der Waals surface area (Å²) in [5.41, 5.74) is 3.35. The maximum atomic E-state index is 13.1. The Kier molecular flexibility index (Phi) is 5.88. The molecule has 0 spiro atoms. The third-order valence-electron chi connectivity index (χ3n) is 4.91. The number of hydrogen-bond donors (Lipinski definition) is 2. The van der Waals surface area contributed by atoms with Gasteiger partial charge in [-0.15, -0.1) is 0 Å². The number of ether oxygens (including phenoxy) is 1. The molecule has 168 valence electrons. The van der Waals surface area contributed by atoms with Gasteiger partial charge >= 0.3 is 0 Å². The van der Waals surface area contributed by atoms with Gasteiger partial charge in [-0.05, 0) is 60.4 Å². The van der Waals surface area contributed by atoms with Crippen molar-refractivity contribution in [1.29, 1.82) is 0 Å². The van der Waals surface area contributed by atoms with Crippen LogP contribution in [0.2, 0.25) is 0 Å². The number of rotatable bonds is 5. The summed E-state index contributed by atoms with van der Waals surface area (Å²) in [5.74, 6) is 0.493. The molecule has 1 aliphatic heterocycles. The number of imidazole rings is 1. The Morgan fingerprint density at radius 3 is 2.85 bits per heavy atom. The lowest BCUT2D eigenvalue weighted by atomic mass is 10.1. The molecule has 0 saturated heterocycles. The smallest absolute Gasteiger partial charge is 0.221 e. The number of anilines is 1. The molecule has 8 nitrogen and oxygen atoms in total. The molecule has 1 unspecified atom stereocenters. The van der Waals surface area contributed by atoms with Crippen LogP contribution in [-0.4, -0.2) is 37.1 Å². The van der Waals surface area contributed by atoms with Gasteiger partial charge in [-0.1, -0.05) is 6.07 Å². The Morgan fingerprint density at radius 1 is 1.21 bits per heavy atom. The highest BCUT2D eigenvalue weighted by atomic mass is 32.2. The molecule has 2 N–H and O–H groups in total. The Hall–Kier alpha value is -3.57. The second kappa shape index (κ2) is 9.12. The number of fused-ring (bicyclic) bond motifs is 1. The topological polar surface area (TPSA) is 93.4 Å². The van der Waals surface area contributed by atoms with Crippen LogP contribution in [0.3, 0.4) is 0 Å². The van der Waals surface area contributed by atoms with Gasteiger partial charge in [0, 0.05) is 23.5 Å². The maximum absolute atomic E-state index is 13.1. The Bertz CT molecular complexity index is 1390. The molecule has 33 heavy (non-hydrogen) atoms. The zero-order chi connectivity index (χ0) is 22.8. The van der Waals surface area contributed by atoms with E-state index in [0.717, 1.165) is 27.0 Å². The fourth-order valence-electron chi connectivity index (χ4n) is 3.38. The number of nitrogens with zero attached hydrogens (tertiary/aromatic N) is 4. The molecule has 0 aliphatic carbocycles. The predicted molar refractivity (Wildman–Crippen MR) is 129 cm³/mol. The number of halogens is 1. The van der Waals surface area contributed by atoms with Crippen LogP contribution < -0.4 is 9.44 Å². The number of amidine groups is 1. The van der Waals surface area contributed by atoms with Gasteiger partial charge in [0.1, 0.15) is 12.4 Å². The Labute approximate surface area is 195 Å². The first-order chi connectivity index (χ1) is 16.1. The summed E-state index contributed by atoms with van der Waals surface area (Å²) in [5, 5.41) is 0.968. The molecule has 4 aromatic rings. The number of aryl methyl sites for hydroxylation is 1. The van der Waals surface area contributed by atoms with Crippen LogP contribution in [0.25, 0.3) is 21.8 Å². The van der Waals surface area contributed by atoms with E-state index >= 15 is 0 Å². The van der Waals surface area contributed by atoms with Crippen LogP contribution in [0, 0.1) is 12.7 Å². The first-order valence-electron chi connectivity index (χ1n) is 10.0. The number of nitrogens with one attached hydrogen (secondary N) is 2. The predicted octanol–water partition coefficient (Wildman–Crippen LogP) is 3.98. The van der Waals surface area contributed by atoms with Gasteiger partial charge in [0.2, 0.25) is 11.2 Å². The van der Waals surface area contributed by atoms with E-state index in [9.17, 15) is 8.60 Å². The molecule has 0 amide bonds. The van der Waals surface area contributed by atoms with E-state index in [4.69, 9.17) is 4.74 Å². The van der Waals surface area contributed by atoms with E-state index in [1.54, 1.807) is 6.33 Å². The third kappa shape index (κ3) is 4.64. The maximum Gasteiger partial charge on any atom is 0.221 e. The van der Waals surface area contributed by atoms with Crippen molar-refractivity contribution in [2.75, 3.05) is 17.9 Å². The SMILES string of the molecule is Cc1cn(-c2ccc(C=C3OCCN=C3NS(=O)Nc3ccc(F)cc3)c3cnsc23)cn1. The minimum Gasteiger partial charge on any atom is -0.488 e. The second-order valence-corrected chi connectivity index (χ2v) is 8.98. The average Bonchev–Trinajstić information content (AvgIpc) is 3.46. The van der Waals surface area contributed by atoms with Crippen molar-refractivity contribution in [1.82, 2.24) is 18.6 Å².